The smallest absolute Gasteiger partial charge is 0.252 e. The minimum atomic E-state index is -0.235. The molecule has 4 rings (SSSR count). The van der Waals surface area contributed by atoms with E-state index in [1.165, 1.54) is 24.3 Å². The Balaban J connectivity index is 1.54. The number of fused-ring (bicyclic) bond motifs is 5. The molecule has 4 fully saturated rings. The maximum absolute atomic E-state index is 13.3. The van der Waals surface area contributed by atoms with Crippen molar-refractivity contribution in [2.75, 3.05) is 0 Å². The number of thiocarbonyl (C=S) groups is 1. The van der Waals surface area contributed by atoms with Crippen molar-refractivity contribution in [1.29, 1.82) is 0 Å². The van der Waals surface area contributed by atoms with Gasteiger partial charge in [0.15, 0.2) is 5.11 Å². The Morgan fingerprint density at radius 2 is 1.44 bits per heavy atom. The van der Waals surface area contributed by atoms with Gasteiger partial charge < -0.3 is 5.32 Å². The van der Waals surface area contributed by atoms with E-state index in [9.17, 15) is 9.59 Å². The van der Waals surface area contributed by atoms with Crippen LogP contribution in [0.2, 0.25) is 0 Å². The molecule has 0 spiro atoms. The van der Waals surface area contributed by atoms with Crippen LogP contribution in [0.4, 0.5) is 0 Å². The summed E-state index contributed by atoms with van der Waals surface area (Å²) in [4.78, 5) is 26.6. The number of hydrogen-bond acceptors (Lipinski definition) is 3. The van der Waals surface area contributed by atoms with Crippen molar-refractivity contribution in [3.05, 3.63) is 0 Å². The van der Waals surface area contributed by atoms with Crippen molar-refractivity contribution >= 4 is 29.1 Å². The third-order valence-corrected chi connectivity index (χ3v) is 9.59. The zero-order valence-electron chi connectivity index (χ0n) is 17.2. The van der Waals surface area contributed by atoms with Crippen molar-refractivity contribution in [1.82, 2.24) is 15.8 Å². The highest BCUT2D eigenvalue weighted by Crippen LogP contribution is 2.76. The second-order valence-corrected chi connectivity index (χ2v) is 10.3. The summed E-state index contributed by atoms with van der Waals surface area (Å²) in [6.07, 6.45) is 5.87. The Morgan fingerprint density at radius 3 is 1.93 bits per heavy atom. The standard InChI is InChI=1S/C21H33N3O2S/c1-11-12(2)21(5)13(3)20(11,4)15-16(21)18(26)24(17(15)25)23-19(27)22-14-9-7-6-8-10-14/h11-16H,6-10H2,1-5H3,(H2,22,23,27)/t11?,12?,13?,15-,16+,20-,21+. The van der Waals surface area contributed by atoms with E-state index in [1.54, 1.807) is 0 Å². The highest BCUT2D eigenvalue weighted by molar-refractivity contribution is 7.80. The maximum atomic E-state index is 13.3. The van der Waals surface area contributed by atoms with Gasteiger partial charge in [-0.1, -0.05) is 53.9 Å². The molecule has 1 saturated heterocycles. The van der Waals surface area contributed by atoms with Gasteiger partial charge in [-0.05, 0) is 53.6 Å². The van der Waals surface area contributed by atoms with Crippen molar-refractivity contribution in [3.63, 3.8) is 0 Å². The number of carbonyl (C=O) groups excluding carboxylic acids is 2. The number of imide groups is 1. The molecular weight excluding hydrogens is 358 g/mol. The van der Waals surface area contributed by atoms with Gasteiger partial charge in [0.2, 0.25) is 0 Å². The lowest BCUT2D eigenvalue weighted by Crippen LogP contribution is -2.54. The molecule has 150 valence electrons. The van der Waals surface area contributed by atoms with Gasteiger partial charge in [-0.15, -0.1) is 0 Å². The zero-order valence-corrected chi connectivity index (χ0v) is 18.0. The van der Waals surface area contributed by atoms with Gasteiger partial charge in [-0.2, -0.15) is 5.01 Å². The largest absolute Gasteiger partial charge is 0.359 e. The summed E-state index contributed by atoms with van der Waals surface area (Å²) in [5, 5.41) is 4.95. The number of nitrogens with zero attached hydrogens (tertiary/aromatic N) is 1. The minimum absolute atomic E-state index is 0.0883. The topological polar surface area (TPSA) is 61.4 Å². The van der Waals surface area contributed by atoms with Crippen LogP contribution in [0.15, 0.2) is 0 Å². The normalized spacial score (nSPS) is 46.7. The molecule has 4 aliphatic rings. The molecule has 6 heteroatoms. The Hall–Kier alpha value is -1.17. The molecule has 2 N–H and O–H groups in total. The summed E-state index contributed by atoms with van der Waals surface area (Å²) < 4.78 is 0. The summed E-state index contributed by atoms with van der Waals surface area (Å²) in [6, 6.07) is 0.345. The number of hydrazine groups is 1. The first-order valence-electron chi connectivity index (χ1n) is 10.6. The van der Waals surface area contributed by atoms with E-state index in [4.69, 9.17) is 12.2 Å². The maximum Gasteiger partial charge on any atom is 0.252 e. The van der Waals surface area contributed by atoms with Gasteiger partial charge in [-0.25, -0.2) is 0 Å². The lowest BCUT2D eigenvalue weighted by atomic mass is 9.59. The van der Waals surface area contributed by atoms with Crippen LogP contribution in [0, 0.1) is 40.4 Å². The summed E-state index contributed by atoms with van der Waals surface area (Å²) >= 11 is 5.44. The van der Waals surface area contributed by atoms with Gasteiger partial charge in [0.25, 0.3) is 11.8 Å². The quantitative estimate of drug-likeness (QED) is 0.559. The van der Waals surface area contributed by atoms with Crippen LogP contribution in [0.1, 0.15) is 66.7 Å². The second kappa shape index (κ2) is 6.16. The van der Waals surface area contributed by atoms with Crippen molar-refractivity contribution < 1.29 is 9.59 Å². The van der Waals surface area contributed by atoms with E-state index < -0.39 is 0 Å². The Bertz CT molecular complexity index is 651. The van der Waals surface area contributed by atoms with Gasteiger partial charge in [0.1, 0.15) is 0 Å². The SMILES string of the molecule is CC1C(C)[C@]2(C)C(C)[C@@]1(C)[C@@H]1C(=O)N(NC(=S)NC3CCCCC3)C(=O)[C@@H]12. The van der Waals surface area contributed by atoms with Crippen LogP contribution in [0.3, 0.4) is 0 Å². The molecule has 2 bridgehead atoms. The Kier molecular flexibility index (Phi) is 4.37. The number of nitrogens with one attached hydrogen (secondary N) is 2. The van der Waals surface area contributed by atoms with Gasteiger partial charge in [0, 0.05) is 6.04 Å². The summed E-state index contributed by atoms with van der Waals surface area (Å²) in [7, 11) is 0. The fraction of sp³-hybridized carbons (Fsp3) is 0.857. The summed E-state index contributed by atoms with van der Waals surface area (Å²) in [5.41, 5.74) is 2.68. The first kappa shape index (κ1) is 19.2. The molecule has 2 amide bonds. The van der Waals surface area contributed by atoms with E-state index in [2.05, 4.69) is 45.4 Å². The van der Waals surface area contributed by atoms with Crippen molar-refractivity contribution in [2.24, 2.45) is 40.4 Å². The van der Waals surface area contributed by atoms with E-state index >= 15 is 0 Å². The Labute approximate surface area is 168 Å². The lowest BCUT2D eigenvalue weighted by molar-refractivity contribution is -0.144. The molecule has 3 aliphatic carbocycles. The van der Waals surface area contributed by atoms with E-state index in [0.717, 1.165) is 12.8 Å². The monoisotopic (exact) mass is 391 g/mol. The zero-order chi connectivity index (χ0) is 19.7. The number of hydrogen-bond donors (Lipinski definition) is 2. The molecule has 0 aromatic rings. The van der Waals surface area contributed by atoms with Crippen LogP contribution in [0.25, 0.3) is 0 Å². The van der Waals surface area contributed by atoms with Crippen LogP contribution in [-0.4, -0.2) is 28.0 Å². The molecule has 1 heterocycles. The summed E-state index contributed by atoms with van der Waals surface area (Å²) in [5.74, 6) is 0.546. The molecule has 3 saturated carbocycles. The Morgan fingerprint density at radius 1 is 0.963 bits per heavy atom. The van der Waals surface area contributed by atoms with Gasteiger partial charge in [0.05, 0.1) is 11.8 Å². The molecule has 0 radical (unpaired) electrons. The molecule has 3 unspecified atom stereocenters. The minimum Gasteiger partial charge on any atom is -0.359 e. The number of amides is 2. The fourth-order valence-electron chi connectivity index (χ4n) is 7.24. The first-order valence-corrected chi connectivity index (χ1v) is 11.0. The first-order chi connectivity index (χ1) is 12.6. The fourth-order valence-corrected chi connectivity index (χ4v) is 7.50. The molecule has 1 aliphatic heterocycles. The predicted octanol–water partition coefficient (Wildman–Crippen LogP) is 3.25. The third-order valence-electron chi connectivity index (χ3n) is 9.38. The van der Waals surface area contributed by atoms with E-state index in [1.807, 2.05) is 0 Å². The highest BCUT2D eigenvalue weighted by atomic mass is 32.1. The molecule has 7 atom stereocenters. The molecule has 0 aromatic carbocycles. The number of carbonyl (C=O) groups is 2. The van der Waals surface area contributed by atoms with Crippen molar-refractivity contribution in [3.8, 4) is 0 Å². The van der Waals surface area contributed by atoms with Crippen LogP contribution >= 0.6 is 12.2 Å². The van der Waals surface area contributed by atoms with Gasteiger partial charge >= 0.3 is 0 Å². The predicted molar refractivity (Wildman–Crippen MR) is 108 cm³/mol. The third kappa shape index (κ3) is 2.31. The van der Waals surface area contributed by atoms with Crippen LogP contribution in [-0.2, 0) is 9.59 Å². The molecule has 5 nitrogen and oxygen atoms in total. The second-order valence-electron chi connectivity index (χ2n) is 9.92. The highest BCUT2D eigenvalue weighted by Gasteiger charge is 2.78. The average Bonchev–Trinajstić information content (AvgIpc) is 3.05. The number of rotatable bonds is 2. The van der Waals surface area contributed by atoms with Crippen LogP contribution in [0.5, 0.6) is 0 Å². The average molecular weight is 392 g/mol. The molecular formula is C21H33N3O2S. The van der Waals surface area contributed by atoms with E-state index in [0.29, 0.717) is 28.9 Å². The lowest BCUT2D eigenvalue weighted by Gasteiger charge is -2.42. The van der Waals surface area contributed by atoms with Crippen LogP contribution < -0.4 is 10.7 Å². The van der Waals surface area contributed by atoms with Gasteiger partial charge in [-0.3, -0.25) is 15.0 Å². The molecule has 0 aromatic heterocycles. The summed E-state index contributed by atoms with van der Waals surface area (Å²) in [6.45, 7) is 11.2. The van der Waals surface area contributed by atoms with Crippen molar-refractivity contribution in [2.45, 2.75) is 72.8 Å². The molecule has 27 heavy (non-hydrogen) atoms. The van der Waals surface area contributed by atoms with E-state index in [-0.39, 0.29) is 34.5 Å².